The van der Waals surface area contributed by atoms with Crippen molar-refractivity contribution in [2.75, 3.05) is 11.8 Å². The molecule has 1 N–H and O–H groups in total. The van der Waals surface area contributed by atoms with Crippen molar-refractivity contribution in [3.8, 4) is 5.75 Å². The number of nitrogens with one attached hydrogen (secondary N) is 1. The van der Waals surface area contributed by atoms with E-state index in [9.17, 15) is 18.5 Å². The highest BCUT2D eigenvalue weighted by molar-refractivity contribution is 7.92. The van der Waals surface area contributed by atoms with E-state index in [-0.39, 0.29) is 16.3 Å². The van der Waals surface area contributed by atoms with Crippen molar-refractivity contribution >= 4 is 43.3 Å². The highest BCUT2D eigenvalue weighted by Crippen LogP contribution is 2.37. The smallest absolute Gasteiger partial charge is 0.269 e. The minimum absolute atomic E-state index is 0.107. The van der Waals surface area contributed by atoms with Gasteiger partial charge in [-0.1, -0.05) is 18.2 Å². The molecule has 0 saturated heterocycles. The van der Waals surface area contributed by atoms with Gasteiger partial charge in [-0.15, -0.1) is 0 Å². The van der Waals surface area contributed by atoms with Crippen LogP contribution in [0.1, 0.15) is 0 Å². The monoisotopic (exact) mass is 398 g/mol. The summed E-state index contributed by atoms with van der Waals surface area (Å²) in [4.78, 5) is 10.0. The Bertz CT molecular complexity index is 1310. The zero-order chi connectivity index (χ0) is 19.9. The number of para-hydroxylation sites is 1. The molecule has 4 aromatic rings. The van der Waals surface area contributed by atoms with Crippen LogP contribution in [0.5, 0.6) is 5.75 Å². The second kappa shape index (κ2) is 6.54. The van der Waals surface area contributed by atoms with Gasteiger partial charge in [-0.25, -0.2) is 8.42 Å². The summed E-state index contributed by atoms with van der Waals surface area (Å²) in [5, 5.41) is 12.4. The molecule has 142 valence electrons. The van der Waals surface area contributed by atoms with Gasteiger partial charge in [-0.2, -0.15) is 0 Å². The Balaban J connectivity index is 1.77. The molecule has 0 fully saturated rings. The predicted octanol–water partition coefficient (Wildman–Crippen LogP) is 4.30. The lowest BCUT2D eigenvalue weighted by Gasteiger charge is -2.12. The second-order valence-electron chi connectivity index (χ2n) is 6.00. The fraction of sp³-hybridized carbons (Fsp3) is 0.0526. The van der Waals surface area contributed by atoms with Crippen LogP contribution >= 0.6 is 0 Å². The number of furan rings is 1. The van der Waals surface area contributed by atoms with Gasteiger partial charge in [0.2, 0.25) is 0 Å². The van der Waals surface area contributed by atoms with E-state index in [1.807, 2.05) is 24.3 Å². The average Bonchev–Trinajstić information content (AvgIpc) is 3.04. The lowest BCUT2D eigenvalue weighted by molar-refractivity contribution is -0.384. The maximum atomic E-state index is 12.7. The molecule has 0 amide bonds. The minimum Gasteiger partial charge on any atom is -0.495 e. The molecule has 28 heavy (non-hydrogen) atoms. The van der Waals surface area contributed by atoms with Gasteiger partial charge < -0.3 is 9.15 Å². The molecule has 0 aliphatic carbocycles. The summed E-state index contributed by atoms with van der Waals surface area (Å²) in [6.45, 7) is 0. The maximum absolute atomic E-state index is 12.7. The normalized spacial score (nSPS) is 11.6. The molecule has 0 aliphatic rings. The third-order valence-electron chi connectivity index (χ3n) is 4.30. The lowest BCUT2D eigenvalue weighted by Crippen LogP contribution is -2.13. The Morgan fingerprint density at radius 1 is 1.00 bits per heavy atom. The number of nitro benzene ring substituents is 1. The van der Waals surface area contributed by atoms with Crippen LogP contribution in [0.2, 0.25) is 0 Å². The Kier molecular flexibility index (Phi) is 4.16. The van der Waals surface area contributed by atoms with Crippen LogP contribution in [0, 0.1) is 10.1 Å². The topological polar surface area (TPSA) is 112 Å². The van der Waals surface area contributed by atoms with E-state index in [0.717, 1.165) is 22.9 Å². The summed E-state index contributed by atoms with van der Waals surface area (Å²) in [5.74, 6) is 0.324. The number of hydrogen-bond donors (Lipinski definition) is 1. The highest BCUT2D eigenvalue weighted by Gasteiger charge is 2.20. The first kappa shape index (κ1) is 17.8. The molecule has 0 bridgehead atoms. The standard InChI is InChI=1S/C19H14N2O6S/c1-26-19-10-15-14-4-2-3-5-17(14)27-18(15)11-16(19)20-28(24,25)13-8-6-12(7-9-13)21(22)23/h2-11,20H,1H3. The summed E-state index contributed by atoms with van der Waals surface area (Å²) in [5.41, 5.74) is 1.19. The highest BCUT2D eigenvalue weighted by atomic mass is 32.2. The summed E-state index contributed by atoms with van der Waals surface area (Å²) < 4.78 is 39.0. The van der Waals surface area contributed by atoms with E-state index in [4.69, 9.17) is 9.15 Å². The fourth-order valence-corrected chi connectivity index (χ4v) is 4.01. The number of hydrogen-bond acceptors (Lipinski definition) is 6. The molecule has 0 aliphatic heterocycles. The number of methoxy groups -OCH3 is 1. The molecule has 0 atom stereocenters. The Morgan fingerprint density at radius 2 is 1.71 bits per heavy atom. The van der Waals surface area contributed by atoms with Gasteiger partial charge in [0.15, 0.2) is 0 Å². The zero-order valence-electron chi connectivity index (χ0n) is 14.6. The van der Waals surface area contributed by atoms with Gasteiger partial charge >= 0.3 is 0 Å². The number of ether oxygens (including phenoxy) is 1. The molecule has 8 nitrogen and oxygen atoms in total. The average molecular weight is 398 g/mol. The van der Waals surface area contributed by atoms with E-state index in [2.05, 4.69) is 4.72 Å². The Labute approximate surface area is 159 Å². The van der Waals surface area contributed by atoms with Crippen LogP contribution in [0.25, 0.3) is 21.9 Å². The SMILES string of the molecule is COc1cc2c(cc1NS(=O)(=O)c1ccc([N+](=O)[O-])cc1)oc1ccccc12. The summed E-state index contributed by atoms with van der Waals surface area (Å²) in [7, 11) is -2.54. The van der Waals surface area contributed by atoms with Crippen molar-refractivity contribution in [1.82, 2.24) is 0 Å². The Morgan fingerprint density at radius 3 is 2.39 bits per heavy atom. The van der Waals surface area contributed by atoms with Gasteiger partial charge in [0, 0.05) is 29.0 Å². The molecule has 1 heterocycles. The van der Waals surface area contributed by atoms with Crippen molar-refractivity contribution in [1.29, 1.82) is 0 Å². The van der Waals surface area contributed by atoms with Crippen LogP contribution in [-0.4, -0.2) is 20.5 Å². The molecular weight excluding hydrogens is 384 g/mol. The van der Waals surface area contributed by atoms with Crippen molar-refractivity contribution < 1.29 is 22.5 Å². The third-order valence-corrected chi connectivity index (χ3v) is 5.68. The number of fused-ring (bicyclic) bond motifs is 3. The van der Waals surface area contributed by atoms with Gasteiger partial charge in [0.1, 0.15) is 16.9 Å². The molecule has 9 heteroatoms. The number of sulfonamides is 1. The van der Waals surface area contributed by atoms with E-state index < -0.39 is 14.9 Å². The molecule has 3 aromatic carbocycles. The molecular formula is C19H14N2O6S. The largest absolute Gasteiger partial charge is 0.495 e. The van der Waals surface area contributed by atoms with Gasteiger partial charge in [0.05, 0.1) is 22.6 Å². The van der Waals surface area contributed by atoms with E-state index in [0.29, 0.717) is 16.9 Å². The molecule has 0 spiro atoms. The zero-order valence-corrected chi connectivity index (χ0v) is 15.4. The Hall–Kier alpha value is -3.59. The lowest BCUT2D eigenvalue weighted by atomic mass is 10.1. The summed E-state index contributed by atoms with van der Waals surface area (Å²) in [6.07, 6.45) is 0. The first-order valence-electron chi connectivity index (χ1n) is 8.15. The first-order valence-corrected chi connectivity index (χ1v) is 9.64. The van der Waals surface area contributed by atoms with Crippen molar-refractivity contribution in [2.24, 2.45) is 0 Å². The van der Waals surface area contributed by atoms with Crippen LogP contribution in [0.4, 0.5) is 11.4 Å². The number of anilines is 1. The quantitative estimate of drug-likeness (QED) is 0.396. The number of benzene rings is 3. The van der Waals surface area contributed by atoms with Crippen LogP contribution in [0.3, 0.4) is 0 Å². The minimum atomic E-state index is -3.98. The summed E-state index contributed by atoms with van der Waals surface area (Å²) >= 11 is 0. The van der Waals surface area contributed by atoms with Gasteiger partial charge in [0.25, 0.3) is 15.7 Å². The van der Waals surface area contributed by atoms with Crippen LogP contribution < -0.4 is 9.46 Å². The van der Waals surface area contributed by atoms with E-state index in [1.165, 1.54) is 19.2 Å². The maximum Gasteiger partial charge on any atom is 0.269 e. The molecule has 1 aromatic heterocycles. The predicted molar refractivity (Wildman–Crippen MR) is 104 cm³/mol. The molecule has 0 radical (unpaired) electrons. The third kappa shape index (κ3) is 3.01. The van der Waals surface area contributed by atoms with Gasteiger partial charge in [-0.3, -0.25) is 14.8 Å². The molecule has 0 unspecified atom stereocenters. The van der Waals surface area contributed by atoms with E-state index >= 15 is 0 Å². The number of rotatable bonds is 5. The summed E-state index contributed by atoms with van der Waals surface area (Å²) in [6, 6.07) is 15.3. The fourth-order valence-electron chi connectivity index (χ4n) is 2.95. The van der Waals surface area contributed by atoms with Crippen molar-refractivity contribution in [3.63, 3.8) is 0 Å². The van der Waals surface area contributed by atoms with Crippen LogP contribution in [-0.2, 0) is 10.0 Å². The number of nitro groups is 1. The first-order chi connectivity index (χ1) is 13.4. The molecule has 4 rings (SSSR count). The second-order valence-corrected chi connectivity index (χ2v) is 7.69. The molecule has 0 saturated carbocycles. The van der Waals surface area contributed by atoms with Crippen molar-refractivity contribution in [2.45, 2.75) is 4.90 Å². The number of non-ortho nitro benzene ring substituents is 1. The van der Waals surface area contributed by atoms with Crippen LogP contribution in [0.15, 0.2) is 70.0 Å². The number of nitrogens with zero attached hydrogens (tertiary/aromatic N) is 1. The van der Waals surface area contributed by atoms with E-state index in [1.54, 1.807) is 12.1 Å². The van der Waals surface area contributed by atoms with Gasteiger partial charge in [-0.05, 0) is 24.3 Å². The van der Waals surface area contributed by atoms with Crippen molar-refractivity contribution in [3.05, 3.63) is 70.8 Å².